The first-order chi connectivity index (χ1) is 29.8. The Kier molecular flexibility index (Phi) is 18.2. The van der Waals surface area contributed by atoms with Crippen LogP contribution in [0.15, 0.2) is 54.1 Å². The van der Waals surface area contributed by atoms with Gasteiger partial charge >= 0.3 is 59.7 Å². The number of amides is 1. The number of benzene rings is 2. The summed E-state index contributed by atoms with van der Waals surface area (Å²) in [6, 6.07) is 6.19. The molecule has 0 aliphatic heterocycles. The first kappa shape index (κ1) is 57.7. The van der Waals surface area contributed by atoms with Crippen molar-refractivity contribution in [1.29, 1.82) is 0 Å². The van der Waals surface area contributed by atoms with Crippen molar-refractivity contribution in [2.75, 3.05) is 25.1 Å². The number of carbonyl (C=O) groups is 2. The summed E-state index contributed by atoms with van der Waals surface area (Å²) >= 11 is 0. The van der Waals surface area contributed by atoms with Gasteiger partial charge < -0.3 is 18.6 Å². The predicted octanol–water partition coefficient (Wildman–Crippen LogP) is 13.7. The molecule has 0 heterocycles. The zero-order chi connectivity index (χ0) is 51.3. The molecule has 66 heavy (non-hydrogen) atoms. The van der Waals surface area contributed by atoms with E-state index in [9.17, 15) is 93.0 Å². The summed E-state index contributed by atoms with van der Waals surface area (Å²) in [5.74, 6) is -59.7. The van der Waals surface area contributed by atoms with E-state index in [1.54, 1.807) is 6.92 Å². The van der Waals surface area contributed by atoms with Crippen LogP contribution in [0.5, 0.6) is 5.75 Å². The Labute approximate surface area is 365 Å². The van der Waals surface area contributed by atoms with Gasteiger partial charge in [-0.05, 0) is 60.8 Å². The Morgan fingerprint density at radius 2 is 1.20 bits per heavy atom. The van der Waals surface area contributed by atoms with Gasteiger partial charge in [-0.3, -0.25) is 5.32 Å². The Hall–Kier alpha value is -4.43. The molecule has 2 rings (SSSR count). The molecule has 7 nitrogen and oxygen atoms in total. The molecule has 0 aromatic heterocycles. The van der Waals surface area contributed by atoms with Crippen molar-refractivity contribution in [3.63, 3.8) is 0 Å². The summed E-state index contributed by atoms with van der Waals surface area (Å²) in [5, 5.41) is 2.10. The van der Waals surface area contributed by atoms with Gasteiger partial charge in [-0.25, -0.2) is 18.4 Å². The third kappa shape index (κ3) is 11.6. The monoisotopic (exact) mass is 1010 g/mol. The van der Waals surface area contributed by atoms with Crippen molar-refractivity contribution in [3.8, 4) is 5.75 Å². The smallest absolute Gasteiger partial charge is 0.460 e. The zero-order valence-electron chi connectivity index (χ0n) is 35.2. The maximum Gasteiger partial charge on any atom is 0.460 e. The fourth-order valence-electron chi connectivity index (χ4n) is 6.25. The average molecular weight is 1010 g/mol. The van der Waals surface area contributed by atoms with E-state index in [2.05, 4.69) is 5.32 Å². The molecule has 1 amide bonds. The first-order valence-corrected chi connectivity index (χ1v) is 21.4. The van der Waals surface area contributed by atoms with E-state index in [0.29, 0.717) is 6.07 Å². The van der Waals surface area contributed by atoms with Crippen LogP contribution in [0.25, 0.3) is 0 Å². The molecule has 0 radical (unpaired) electrons. The maximum atomic E-state index is 15.0. The van der Waals surface area contributed by atoms with Crippen molar-refractivity contribution in [3.05, 3.63) is 71.3 Å². The van der Waals surface area contributed by atoms with Crippen molar-refractivity contribution in [2.24, 2.45) is 0 Å². The molecular formula is C39H42F19NO6Si. The highest BCUT2D eigenvalue weighted by Crippen LogP contribution is 2.64. The Morgan fingerprint density at radius 1 is 0.697 bits per heavy atom. The van der Waals surface area contributed by atoms with Crippen LogP contribution >= 0.6 is 0 Å². The lowest BCUT2D eigenvalue weighted by Gasteiger charge is -2.44. The summed E-state index contributed by atoms with van der Waals surface area (Å²) in [6.45, 7) is 7.06. The molecule has 1 N–H and O–H groups in total. The number of halogens is 19. The standard InChI is InChI=1S/C39H42F19NO6Si/c1-7-62-30(60)23(6)8-15-29(65-31(61)59-28-14-11-25(40)20-27(28)41)24-9-12-26(13-10-24)63-17-18-64-66(21(2)3,22(4)5)19-16-32(42,43)33(44,45)34(46,47)35(48,49)36(50,51)37(52,53)38(54,55)39(56,57)58/h8-14,20-22,29H,7,15-19H2,1-6H3,(H,59,61)/b23-8+/t29-/m0/s1. The van der Waals surface area contributed by atoms with Crippen LogP contribution < -0.4 is 10.1 Å². The molecule has 0 bridgehead atoms. The second-order valence-corrected chi connectivity index (χ2v) is 20.2. The van der Waals surface area contributed by atoms with Crippen LogP contribution in [0, 0.1) is 11.6 Å². The van der Waals surface area contributed by atoms with Gasteiger partial charge in [0.05, 0.1) is 18.9 Å². The van der Waals surface area contributed by atoms with Crippen molar-refractivity contribution >= 4 is 26.1 Å². The zero-order valence-corrected chi connectivity index (χ0v) is 36.2. The SMILES string of the molecule is CCOC(=O)/C(C)=C/C[C@H](OC(=O)Nc1ccc(F)cc1F)c1ccc(OCCO[Si](CCC(F)(F)C(F)(F)C(F)(F)C(F)(F)C(F)(F)C(F)(F)C(F)(F)C(F)(F)F)(C(C)C)C(C)C)cc1. The Bertz CT molecular complexity index is 1980. The van der Waals surface area contributed by atoms with Crippen LogP contribution in [-0.2, 0) is 18.7 Å². The second kappa shape index (κ2) is 20.8. The highest BCUT2D eigenvalue weighted by molar-refractivity contribution is 6.76. The lowest BCUT2D eigenvalue weighted by atomic mass is 9.88. The predicted molar refractivity (Wildman–Crippen MR) is 198 cm³/mol. The molecule has 0 aliphatic carbocycles. The highest BCUT2D eigenvalue weighted by Gasteiger charge is 2.95. The minimum atomic E-state index is -8.72. The fraction of sp³-hybridized carbons (Fsp3) is 0.590. The van der Waals surface area contributed by atoms with Crippen LogP contribution in [0.4, 0.5) is 93.9 Å². The van der Waals surface area contributed by atoms with Crippen molar-refractivity contribution in [2.45, 2.75) is 125 Å². The van der Waals surface area contributed by atoms with E-state index < -0.39 is 128 Å². The largest absolute Gasteiger partial charge is 0.491 e. The Balaban J connectivity index is 2.30. The minimum Gasteiger partial charge on any atom is -0.491 e. The van der Waals surface area contributed by atoms with E-state index in [1.165, 1.54) is 65.0 Å². The molecule has 0 aliphatic rings. The summed E-state index contributed by atoms with van der Waals surface area (Å²) < 4.78 is 285. The van der Waals surface area contributed by atoms with Gasteiger partial charge in [0, 0.05) is 24.5 Å². The average Bonchev–Trinajstić information content (AvgIpc) is 3.19. The van der Waals surface area contributed by atoms with Gasteiger partial charge in [-0.2, -0.15) is 74.6 Å². The van der Waals surface area contributed by atoms with E-state index in [4.69, 9.17) is 18.6 Å². The van der Waals surface area contributed by atoms with Gasteiger partial charge in [0.1, 0.15) is 30.1 Å². The van der Waals surface area contributed by atoms with Crippen LogP contribution in [-0.4, -0.2) is 87.8 Å². The molecule has 0 saturated heterocycles. The second-order valence-electron chi connectivity index (χ2n) is 15.2. The Morgan fingerprint density at radius 3 is 1.67 bits per heavy atom. The molecule has 1 atom stereocenters. The first-order valence-electron chi connectivity index (χ1n) is 19.2. The van der Waals surface area contributed by atoms with Gasteiger partial charge in [-0.1, -0.05) is 45.9 Å². The number of ether oxygens (including phenoxy) is 3. The minimum absolute atomic E-state index is 0.0308. The van der Waals surface area contributed by atoms with E-state index in [0.717, 1.165) is 12.1 Å². The number of hydrogen-bond acceptors (Lipinski definition) is 6. The van der Waals surface area contributed by atoms with E-state index in [-0.39, 0.29) is 29.9 Å². The molecule has 2 aromatic rings. The molecule has 0 unspecified atom stereocenters. The molecule has 0 fully saturated rings. The third-order valence-electron chi connectivity index (χ3n) is 10.2. The fourth-order valence-corrected chi connectivity index (χ4v) is 10.7. The molecule has 27 heteroatoms. The number of hydrogen-bond donors (Lipinski definition) is 1. The number of alkyl halides is 17. The molecule has 2 aromatic carbocycles. The third-order valence-corrected chi connectivity index (χ3v) is 15.9. The van der Waals surface area contributed by atoms with Crippen molar-refractivity contribution < 1.29 is 112 Å². The van der Waals surface area contributed by atoms with Crippen LogP contribution in [0.3, 0.4) is 0 Å². The van der Waals surface area contributed by atoms with Crippen LogP contribution in [0.2, 0.25) is 17.1 Å². The number of rotatable bonds is 23. The number of carbonyl (C=O) groups excluding carboxylic acids is 2. The molecule has 0 spiro atoms. The van der Waals surface area contributed by atoms with E-state index in [1.807, 2.05) is 0 Å². The topological polar surface area (TPSA) is 83.1 Å². The van der Waals surface area contributed by atoms with Crippen molar-refractivity contribution in [1.82, 2.24) is 0 Å². The maximum absolute atomic E-state index is 15.0. The van der Waals surface area contributed by atoms with Gasteiger partial charge in [0.25, 0.3) is 0 Å². The number of anilines is 1. The van der Waals surface area contributed by atoms with Crippen LogP contribution in [0.1, 0.15) is 66.1 Å². The number of nitrogens with one attached hydrogen (secondary N) is 1. The normalized spacial score (nSPS) is 14.7. The molecular weight excluding hydrogens is 967 g/mol. The summed E-state index contributed by atoms with van der Waals surface area (Å²) in [6.07, 6.45) is -11.7. The molecule has 0 saturated carbocycles. The highest BCUT2D eigenvalue weighted by atomic mass is 28.4. The molecule has 376 valence electrons. The lowest BCUT2D eigenvalue weighted by molar-refractivity contribution is -0.461. The van der Waals surface area contributed by atoms with Gasteiger partial charge in [-0.15, -0.1) is 0 Å². The number of esters is 1. The summed E-state index contributed by atoms with van der Waals surface area (Å²) in [4.78, 5) is 24.8. The summed E-state index contributed by atoms with van der Waals surface area (Å²) in [5.41, 5.74) is -1.94. The lowest BCUT2D eigenvalue weighted by Crippen LogP contribution is -2.74. The van der Waals surface area contributed by atoms with Gasteiger partial charge in [0.2, 0.25) is 0 Å². The van der Waals surface area contributed by atoms with Gasteiger partial charge in [0.15, 0.2) is 8.32 Å². The van der Waals surface area contributed by atoms with E-state index >= 15 is 0 Å². The summed E-state index contributed by atoms with van der Waals surface area (Å²) in [7, 11) is -4.05. The quantitative estimate of drug-likeness (QED) is 0.0393.